The molecule has 0 saturated carbocycles. The van der Waals surface area contributed by atoms with Gasteiger partial charge in [0.05, 0.1) is 13.2 Å². The summed E-state index contributed by atoms with van der Waals surface area (Å²) in [6.07, 6.45) is 0. The van der Waals surface area contributed by atoms with E-state index >= 15 is 0 Å². The molecule has 0 atom stereocenters. The average molecular weight is 189 g/mol. The fraction of sp³-hybridized carbons (Fsp3) is 1.00. The SMILES string of the molecule is NOCCN1CCN(CCO)CC1. The number of nitrogens with zero attached hydrogens (tertiary/aromatic N) is 2. The van der Waals surface area contributed by atoms with E-state index in [9.17, 15) is 0 Å². The smallest absolute Gasteiger partial charge is 0.0806 e. The minimum Gasteiger partial charge on any atom is -0.395 e. The number of nitrogens with two attached hydrogens (primary N) is 1. The zero-order valence-corrected chi connectivity index (χ0v) is 7.98. The lowest BCUT2D eigenvalue weighted by molar-refractivity contribution is 0.0703. The largest absolute Gasteiger partial charge is 0.395 e. The van der Waals surface area contributed by atoms with Crippen LogP contribution in [-0.2, 0) is 4.84 Å². The fourth-order valence-electron chi connectivity index (χ4n) is 1.56. The molecular weight excluding hydrogens is 170 g/mol. The lowest BCUT2D eigenvalue weighted by atomic mass is 10.3. The van der Waals surface area contributed by atoms with Crippen molar-refractivity contribution < 1.29 is 9.94 Å². The van der Waals surface area contributed by atoms with Gasteiger partial charge in [0.2, 0.25) is 0 Å². The van der Waals surface area contributed by atoms with Crippen LogP contribution in [0, 0.1) is 0 Å². The van der Waals surface area contributed by atoms with Crippen molar-refractivity contribution in [1.29, 1.82) is 0 Å². The van der Waals surface area contributed by atoms with Crippen LogP contribution in [0.15, 0.2) is 0 Å². The van der Waals surface area contributed by atoms with Crippen LogP contribution in [0.3, 0.4) is 0 Å². The molecule has 0 spiro atoms. The van der Waals surface area contributed by atoms with E-state index in [1.807, 2.05) is 0 Å². The molecule has 1 saturated heterocycles. The lowest BCUT2D eigenvalue weighted by Gasteiger charge is -2.33. The maximum atomic E-state index is 8.73. The Bertz CT molecular complexity index is 127. The molecular formula is C8H19N3O2. The molecule has 1 rings (SSSR count). The quantitative estimate of drug-likeness (QED) is 0.515. The summed E-state index contributed by atoms with van der Waals surface area (Å²) in [6, 6.07) is 0. The highest BCUT2D eigenvalue weighted by Crippen LogP contribution is 1.99. The van der Waals surface area contributed by atoms with Crippen LogP contribution in [0.1, 0.15) is 0 Å². The van der Waals surface area contributed by atoms with Gasteiger partial charge < -0.3 is 9.94 Å². The van der Waals surface area contributed by atoms with Gasteiger partial charge in [-0.3, -0.25) is 9.80 Å². The maximum Gasteiger partial charge on any atom is 0.0806 e. The molecule has 0 amide bonds. The second-order valence-electron chi connectivity index (χ2n) is 3.28. The third-order valence-corrected chi connectivity index (χ3v) is 2.41. The molecule has 1 aliphatic heterocycles. The van der Waals surface area contributed by atoms with Crippen molar-refractivity contribution in [3.8, 4) is 0 Å². The number of aliphatic hydroxyl groups is 1. The van der Waals surface area contributed by atoms with Crippen molar-refractivity contribution in [3.05, 3.63) is 0 Å². The first-order chi connectivity index (χ1) is 6.36. The van der Waals surface area contributed by atoms with E-state index in [2.05, 4.69) is 14.6 Å². The average Bonchev–Trinajstić information content (AvgIpc) is 2.17. The van der Waals surface area contributed by atoms with Gasteiger partial charge in [-0.15, -0.1) is 0 Å². The number of rotatable bonds is 5. The molecule has 13 heavy (non-hydrogen) atoms. The molecule has 0 unspecified atom stereocenters. The first-order valence-electron chi connectivity index (χ1n) is 4.74. The molecule has 0 bridgehead atoms. The first kappa shape index (κ1) is 10.9. The Hall–Kier alpha value is -0.200. The second kappa shape index (κ2) is 6.28. The van der Waals surface area contributed by atoms with Crippen LogP contribution >= 0.6 is 0 Å². The Morgan fingerprint density at radius 1 is 1.08 bits per heavy atom. The summed E-state index contributed by atoms with van der Waals surface area (Å²) in [5.74, 6) is 4.95. The number of hydrogen-bond acceptors (Lipinski definition) is 5. The third kappa shape index (κ3) is 4.02. The van der Waals surface area contributed by atoms with Gasteiger partial charge in [-0.2, -0.15) is 0 Å². The normalized spacial score (nSPS) is 20.8. The van der Waals surface area contributed by atoms with Gasteiger partial charge in [-0.25, -0.2) is 5.90 Å². The predicted molar refractivity (Wildman–Crippen MR) is 50.1 cm³/mol. The Balaban J connectivity index is 2.08. The van der Waals surface area contributed by atoms with E-state index in [1.54, 1.807) is 0 Å². The number of piperazine rings is 1. The van der Waals surface area contributed by atoms with Crippen molar-refractivity contribution in [2.24, 2.45) is 5.90 Å². The van der Waals surface area contributed by atoms with Crippen molar-refractivity contribution in [2.45, 2.75) is 0 Å². The molecule has 1 aliphatic rings. The van der Waals surface area contributed by atoms with Crippen molar-refractivity contribution in [2.75, 3.05) is 52.5 Å². The zero-order chi connectivity index (χ0) is 9.52. The molecule has 3 N–H and O–H groups in total. The third-order valence-electron chi connectivity index (χ3n) is 2.41. The molecule has 1 heterocycles. The van der Waals surface area contributed by atoms with Gasteiger partial charge in [-0.1, -0.05) is 0 Å². The molecule has 0 aromatic carbocycles. The lowest BCUT2D eigenvalue weighted by Crippen LogP contribution is -2.48. The number of β-amino-alcohol motifs (C(OH)–C–C–N with tert-alkyl or cyclic N) is 1. The Morgan fingerprint density at radius 3 is 2.08 bits per heavy atom. The van der Waals surface area contributed by atoms with Crippen molar-refractivity contribution in [1.82, 2.24) is 9.80 Å². The summed E-state index contributed by atoms with van der Waals surface area (Å²) in [5.41, 5.74) is 0. The van der Waals surface area contributed by atoms with Crippen LogP contribution in [0.5, 0.6) is 0 Å². The van der Waals surface area contributed by atoms with Crippen LogP contribution in [-0.4, -0.2) is 67.4 Å². The Kier molecular flexibility index (Phi) is 5.26. The second-order valence-corrected chi connectivity index (χ2v) is 3.28. The molecule has 1 fully saturated rings. The van der Waals surface area contributed by atoms with Gasteiger partial charge >= 0.3 is 0 Å². The van der Waals surface area contributed by atoms with Crippen molar-refractivity contribution in [3.63, 3.8) is 0 Å². The van der Waals surface area contributed by atoms with Gasteiger partial charge in [0.1, 0.15) is 0 Å². The van der Waals surface area contributed by atoms with E-state index in [0.717, 1.165) is 39.3 Å². The highest BCUT2D eigenvalue weighted by Gasteiger charge is 2.15. The molecule has 0 aliphatic carbocycles. The Labute approximate surface area is 79.0 Å². The number of hydrogen-bond donors (Lipinski definition) is 2. The highest BCUT2D eigenvalue weighted by molar-refractivity contribution is 4.71. The van der Waals surface area contributed by atoms with Crippen LogP contribution in [0.2, 0.25) is 0 Å². The van der Waals surface area contributed by atoms with Crippen LogP contribution < -0.4 is 5.90 Å². The van der Waals surface area contributed by atoms with Gasteiger partial charge in [0.15, 0.2) is 0 Å². The molecule has 5 nitrogen and oxygen atoms in total. The zero-order valence-electron chi connectivity index (χ0n) is 7.98. The number of aliphatic hydroxyl groups excluding tert-OH is 1. The summed E-state index contributed by atoms with van der Waals surface area (Å²) in [4.78, 5) is 9.11. The molecule has 0 aromatic heterocycles. The summed E-state index contributed by atoms with van der Waals surface area (Å²) in [5, 5.41) is 8.73. The standard InChI is InChI=1S/C8H19N3O2/c9-13-8-6-11-3-1-10(2-4-11)5-7-12/h12H,1-9H2. The minimum atomic E-state index is 0.256. The summed E-state index contributed by atoms with van der Waals surface area (Å²) >= 11 is 0. The minimum absolute atomic E-state index is 0.256. The highest BCUT2D eigenvalue weighted by atomic mass is 16.6. The fourth-order valence-corrected chi connectivity index (χ4v) is 1.56. The maximum absolute atomic E-state index is 8.73. The van der Waals surface area contributed by atoms with E-state index in [0.29, 0.717) is 6.61 Å². The molecule has 5 heteroatoms. The van der Waals surface area contributed by atoms with Gasteiger partial charge in [0, 0.05) is 39.3 Å². The van der Waals surface area contributed by atoms with E-state index in [1.165, 1.54) is 0 Å². The molecule has 78 valence electrons. The molecule has 0 radical (unpaired) electrons. The van der Waals surface area contributed by atoms with Gasteiger partial charge in [0.25, 0.3) is 0 Å². The van der Waals surface area contributed by atoms with Crippen LogP contribution in [0.4, 0.5) is 0 Å². The van der Waals surface area contributed by atoms with E-state index in [4.69, 9.17) is 11.0 Å². The summed E-state index contributed by atoms with van der Waals surface area (Å²) in [7, 11) is 0. The van der Waals surface area contributed by atoms with E-state index < -0.39 is 0 Å². The Morgan fingerprint density at radius 2 is 1.62 bits per heavy atom. The topological polar surface area (TPSA) is 62.0 Å². The summed E-state index contributed by atoms with van der Waals surface area (Å²) in [6.45, 7) is 6.71. The van der Waals surface area contributed by atoms with Crippen LogP contribution in [0.25, 0.3) is 0 Å². The monoisotopic (exact) mass is 189 g/mol. The predicted octanol–water partition coefficient (Wildman–Crippen LogP) is -1.51. The molecule has 0 aromatic rings. The van der Waals surface area contributed by atoms with Gasteiger partial charge in [-0.05, 0) is 0 Å². The van der Waals surface area contributed by atoms with E-state index in [-0.39, 0.29) is 6.61 Å². The van der Waals surface area contributed by atoms with Crippen molar-refractivity contribution >= 4 is 0 Å². The first-order valence-corrected chi connectivity index (χ1v) is 4.74. The summed E-state index contributed by atoms with van der Waals surface area (Å²) < 4.78 is 0.